The molecule has 1 saturated carbocycles. The molecule has 12 nitrogen and oxygen atoms in total. The lowest BCUT2D eigenvalue weighted by atomic mass is 9.57. The molecule has 5 aliphatic rings. The van der Waals surface area contributed by atoms with E-state index >= 15 is 4.39 Å². The highest BCUT2D eigenvalue weighted by atomic mass is 31.1. The van der Waals surface area contributed by atoms with Gasteiger partial charge in [0.05, 0.1) is 29.0 Å². The first-order valence-corrected chi connectivity index (χ1v) is 15.8. The number of phenolic OH excluding ortho intramolecular Hbond substituents is 1. The number of aliphatic hydroxyl groups excluding tert-OH is 2. The first kappa shape index (κ1) is 30.6. The van der Waals surface area contributed by atoms with Gasteiger partial charge in [-0.15, -0.1) is 0 Å². The number of azide groups is 1. The molecule has 0 aromatic heterocycles. The summed E-state index contributed by atoms with van der Waals surface area (Å²) in [7, 11) is 3.24. The minimum atomic E-state index is -1.23. The fourth-order valence-electron chi connectivity index (χ4n) is 8.05. The number of likely N-dealkylation sites (tertiary alicyclic amines) is 1. The van der Waals surface area contributed by atoms with Gasteiger partial charge in [-0.25, -0.2) is 4.39 Å². The van der Waals surface area contributed by atoms with Crippen LogP contribution in [0.15, 0.2) is 39.5 Å². The Hall–Kier alpha value is -3.47. The number of nitrogens with two attached hydrogens (primary N) is 1. The number of carbonyl (C=O) groups excluding carboxylic acids is 2. The summed E-state index contributed by atoms with van der Waals surface area (Å²) in [5, 5.41) is 36.3. The molecular weight excluding hydrogens is 590 g/mol. The summed E-state index contributed by atoms with van der Waals surface area (Å²) in [6.07, 6.45) is 2.20. The molecule has 0 radical (unpaired) electrons. The highest BCUT2D eigenvalue weighted by molar-refractivity contribution is 7.48. The Bertz CT molecular complexity index is 1580. The van der Waals surface area contributed by atoms with Crippen molar-refractivity contribution in [3.05, 3.63) is 67.3 Å². The number of halogens is 1. The average Bonchev–Trinajstić information content (AvgIpc) is 2.97. The van der Waals surface area contributed by atoms with Gasteiger partial charge in [-0.3, -0.25) is 19.4 Å². The van der Waals surface area contributed by atoms with Crippen molar-refractivity contribution in [3.63, 3.8) is 0 Å². The lowest BCUT2D eigenvalue weighted by Gasteiger charge is -2.58. The predicted molar refractivity (Wildman–Crippen MR) is 161 cm³/mol. The number of benzene rings is 1. The number of methoxy groups -OCH3 is 1. The number of likely N-dealkylation sites (N-methyl/N-ethyl adjacent to an activating group) is 1. The zero-order valence-electron chi connectivity index (χ0n) is 24.6. The van der Waals surface area contributed by atoms with E-state index in [0.717, 1.165) is 25.9 Å². The van der Waals surface area contributed by atoms with Gasteiger partial charge in [-0.05, 0) is 74.8 Å². The van der Waals surface area contributed by atoms with E-state index in [1.54, 1.807) is 24.9 Å². The third-order valence-electron chi connectivity index (χ3n) is 10.1. The third-order valence-corrected chi connectivity index (χ3v) is 11.8. The molecule has 1 amide bonds. The number of allylic oxidation sites excluding steroid dienone is 1. The molecule has 2 fully saturated rings. The fraction of sp³-hybridized carbons (Fsp3) is 0.533. The van der Waals surface area contributed by atoms with Crippen LogP contribution in [-0.4, -0.2) is 88.5 Å². The SMILES string of the molecule is COCC1CCN(Cc2cc(O)c3c(c2F)C[C@H]2C[C@H]4[C@H](N(C)CN=[N+]=[N-])C(O)=C(C(N)=O)C5=CP[C@@]54C(=O)C2=C3O)CC1. The smallest absolute Gasteiger partial charge is 0.252 e. The molecule has 0 bridgehead atoms. The van der Waals surface area contributed by atoms with Crippen molar-refractivity contribution >= 4 is 26.0 Å². The maximum Gasteiger partial charge on any atom is 0.252 e. The Labute approximate surface area is 255 Å². The molecule has 1 saturated heterocycles. The largest absolute Gasteiger partial charge is 0.510 e. The van der Waals surface area contributed by atoms with Crippen molar-refractivity contribution in [2.24, 2.45) is 28.6 Å². The zero-order valence-corrected chi connectivity index (χ0v) is 25.6. The van der Waals surface area contributed by atoms with Crippen molar-refractivity contribution in [1.82, 2.24) is 9.80 Å². The number of aliphatic hydroxyl groups is 2. The summed E-state index contributed by atoms with van der Waals surface area (Å²) >= 11 is 0. The molecule has 6 rings (SSSR count). The number of nitrogens with zero attached hydrogens (tertiary/aromatic N) is 5. The molecule has 1 aromatic rings. The summed E-state index contributed by atoms with van der Waals surface area (Å²) in [6, 6.07) is 0.456. The van der Waals surface area contributed by atoms with Crippen molar-refractivity contribution < 1.29 is 34.0 Å². The summed E-state index contributed by atoms with van der Waals surface area (Å²) < 4.78 is 21.5. The van der Waals surface area contributed by atoms with E-state index in [0.29, 0.717) is 30.2 Å². The number of hydrogen-bond donors (Lipinski definition) is 4. The molecule has 5 N–H and O–H groups in total. The molecular formula is C30H36FN6O6P. The van der Waals surface area contributed by atoms with Gasteiger partial charge < -0.3 is 25.8 Å². The van der Waals surface area contributed by atoms with E-state index in [9.17, 15) is 24.9 Å². The monoisotopic (exact) mass is 626 g/mol. The Balaban J connectivity index is 1.38. The van der Waals surface area contributed by atoms with Gasteiger partial charge in [0.25, 0.3) is 5.91 Å². The number of fused-ring (bicyclic) bond motifs is 2. The predicted octanol–water partition coefficient (Wildman–Crippen LogP) is 3.61. The Morgan fingerprint density at radius 3 is 2.68 bits per heavy atom. The van der Waals surface area contributed by atoms with Crippen molar-refractivity contribution in [1.29, 1.82) is 0 Å². The van der Waals surface area contributed by atoms with E-state index in [1.807, 2.05) is 0 Å². The van der Waals surface area contributed by atoms with Gasteiger partial charge in [-0.2, -0.15) is 0 Å². The van der Waals surface area contributed by atoms with Crippen LogP contribution in [0, 0.1) is 23.6 Å². The van der Waals surface area contributed by atoms with Gasteiger partial charge in [-0.1, -0.05) is 19.5 Å². The second-order valence-electron chi connectivity index (χ2n) is 12.4. The van der Waals surface area contributed by atoms with E-state index < -0.39 is 46.3 Å². The van der Waals surface area contributed by atoms with Gasteiger partial charge >= 0.3 is 0 Å². The molecule has 44 heavy (non-hydrogen) atoms. The highest BCUT2D eigenvalue weighted by Crippen LogP contribution is 2.67. The van der Waals surface area contributed by atoms with Crippen LogP contribution in [0.25, 0.3) is 16.2 Å². The van der Waals surface area contributed by atoms with Crippen LogP contribution in [0.3, 0.4) is 0 Å². The van der Waals surface area contributed by atoms with Gasteiger partial charge in [0.2, 0.25) is 0 Å². The maximum atomic E-state index is 16.2. The third kappa shape index (κ3) is 4.52. The molecule has 14 heteroatoms. The van der Waals surface area contributed by atoms with Crippen LogP contribution in [0.5, 0.6) is 5.75 Å². The number of Topliss-reactive ketones (excluding diaryl/α,β-unsaturated/α-hetero) is 1. The van der Waals surface area contributed by atoms with E-state index in [1.165, 1.54) is 6.07 Å². The van der Waals surface area contributed by atoms with E-state index in [-0.39, 0.29) is 61.9 Å². The Morgan fingerprint density at radius 1 is 1.34 bits per heavy atom. The molecule has 2 heterocycles. The molecule has 1 unspecified atom stereocenters. The molecule has 234 valence electrons. The Kier molecular flexibility index (Phi) is 7.96. The summed E-state index contributed by atoms with van der Waals surface area (Å²) in [4.78, 5) is 33.5. The molecule has 1 aromatic carbocycles. The average molecular weight is 627 g/mol. The number of hydrogen-bond acceptors (Lipinski definition) is 9. The van der Waals surface area contributed by atoms with Gasteiger partial charge in [0.15, 0.2) is 5.78 Å². The van der Waals surface area contributed by atoms with Crippen LogP contribution < -0.4 is 5.73 Å². The first-order chi connectivity index (χ1) is 21.0. The number of amides is 1. The lowest BCUT2D eigenvalue weighted by molar-refractivity contribution is -0.122. The molecule has 2 aliphatic heterocycles. The first-order valence-electron chi connectivity index (χ1n) is 14.7. The molecule has 5 atom stereocenters. The zero-order chi connectivity index (χ0) is 31.5. The van der Waals surface area contributed by atoms with Crippen LogP contribution in [0.4, 0.5) is 4.39 Å². The highest BCUT2D eigenvalue weighted by Gasteiger charge is 2.65. The second-order valence-corrected chi connectivity index (χ2v) is 13.8. The minimum Gasteiger partial charge on any atom is -0.510 e. The summed E-state index contributed by atoms with van der Waals surface area (Å²) in [6.45, 7) is 2.39. The maximum absolute atomic E-state index is 16.2. The van der Waals surface area contributed by atoms with Crippen LogP contribution in [-0.2, 0) is 27.3 Å². The topological polar surface area (TPSA) is 185 Å². The number of aromatic hydroxyl groups is 1. The van der Waals surface area contributed by atoms with Crippen LogP contribution in [0.2, 0.25) is 0 Å². The van der Waals surface area contributed by atoms with Crippen LogP contribution in [0.1, 0.15) is 36.0 Å². The number of rotatable bonds is 8. The normalized spacial score (nSPS) is 29.0. The number of phenols is 1. The fourth-order valence-corrected chi connectivity index (χ4v) is 9.67. The van der Waals surface area contributed by atoms with E-state index in [2.05, 4.69) is 14.9 Å². The molecule has 1 spiro atoms. The minimum absolute atomic E-state index is 0.0615. The number of piperidine rings is 1. The van der Waals surface area contributed by atoms with Crippen molar-refractivity contribution in [2.45, 2.75) is 43.4 Å². The van der Waals surface area contributed by atoms with Crippen molar-refractivity contribution in [3.8, 4) is 5.75 Å². The number of carbonyl (C=O) groups is 2. The molecule has 3 aliphatic carbocycles. The van der Waals surface area contributed by atoms with E-state index in [4.69, 9.17) is 16.0 Å². The van der Waals surface area contributed by atoms with Gasteiger partial charge in [0.1, 0.15) is 23.1 Å². The van der Waals surface area contributed by atoms with Gasteiger partial charge in [0, 0.05) is 47.8 Å². The number of primary amides is 1. The lowest BCUT2D eigenvalue weighted by Crippen LogP contribution is -2.63. The quantitative estimate of drug-likeness (QED) is 0.146. The number of ether oxygens (including phenoxy) is 1. The van der Waals surface area contributed by atoms with Crippen molar-refractivity contribution in [2.75, 3.05) is 40.5 Å². The number of ketones is 1. The Morgan fingerprint density at radius 2 is 2.07 bits per heavy atom. The second kappa shape index (κ2) is 11.5. The van der Waals surface area contributed by atoms with Crippen LogP contribution >= 0.6 is 8.58 Å². The summed E-state index contributed by atoms with van der Waals surface area (Å²) in [5.74, 6) is -1.88. The standard InChI is InChI=1S/C30H36FN6O6P/c1-36(13-34-35-33)25-18-8-15-7-17-22(20(38)9-16(24(17)31)10-37-5-3-14(4-6-37)11-43-2)26(39)21(15)28(41)30(18)19(12-44-30)23(27(25)40)29(32)42/h9,12,14-15,18,25,38-40,44H,3-8,10-11,13H2,1-2H3,(H2,32,42)/t15-,18-,25-,30+/m0/s1. The summed E-state index contributed by atoms with van der Waals surface area (Å²) in [5.41, 5.74) is 15.3.